The van der Waals surface area contributed by atoms with E-state index >= 15 is 0 Å². The van der Waals surface area contributed by atoms with Crippen molar-refractivity contribution in [2.75, 3.05) is 0 Å². The fraction of sp³-hybridized carbons (Fsp3) is 0.467. The molecule has 1 amide bonds. The van der Waals surface area contributed by atoms with Gasteiger partial charge in [0.15, 0.2) is 0 Å². The monoisotopic (exact) mass is 262 g/mol. The summed E-state index contributed by atoms with van der Waals surface area (Å²) >= 11 is 0. The zero-order chi connectivity index (χ0) is 14.5. The molecule has 0 atom stereocenters. The van der Waals surface area contributed by atoms with E-state index in [9.17, 15) is 4.79 Å². The third-order valence-corrected chi connectivity index (χ3v) is 2.37. The average molecular weight is 262 g/mol. The van der Waals surface area contributed by atoms with Gasteiger partial charge in [-0.2, -0.15) is 5.10 Å². The van der Waals surface area contributed by atoms with Crippen molar-refractivity contribution in [3.05, 3.63) is 35.4 Å². The molecule has 1 aromatic rings. The van der Waals surface area contributed by atoms with Gasteiger partial charge < -0.3 is 4.74 Å². The first-order valence-electron chi connectivity index (χ1n) is 6.40. The number of hydrogen-bond donors (Lipinski definition) is 1. The quantitative estimate of drug-likeness (QED) is 0.667. The Bertz CT molecular complexity index is 442. The first kappa shape index (κ1) is 15.2. The second-order valence-electron chi connectivity index (χ2n) is 5.69. The SMILES string of the molecule is CC(C)c1ccc(/C=N\NC(=O)OC(C)(C)C)cc1. The van der Waals surface area contributed by atoms with E-state index in [4.69, 9.17) is 4.74 Å². The molecule has 0 aromatic heterocycles. The number of rotatable bonds is 3. The third kappa shape index (κ3) is 6.04. The molecule has 0 aliphatic rings. The highest BCUT2D eigenvalue weighted by atomic mass is 16.6. The summed E-state index contributed by atoms with van der Waals surface area (Å²) in [5.41, 5.74) is 4.02. The predicted molar refractivity (Wildman–Crippen MR) is 77.5 cm³/mol. The van der Waals surface area contributed by atoms with Crippen molar-refractivity contribution in [1.29, 1.82) is 0 Å². The van der Waals surface area contributed by atoms with Crippen molar-refractivity contribution >= 4 is 12.3 Å². The Balaban J connectivity index is 2.51. The fourth-order valence-corrected chi connectivity index (χ4v) is 1.43. The Hall–Kier alpha value is -1.84. The molecule has 1 aromatic carbocycles. The van der Waals surface area contributed by atoms with Gasteiger partial charge in [0.1, 0.15) is 5.60 Å². The van der Waals surface area contributed by atoms with Crippen LogP contribution in [0.4, 0.5) is 4.79 Å². The molecule has 4 heteroatoms. The maximum atomic E-state index is 11.3. The van der Waals surface area contributed by atoms with Gasteiger partial charge in [0.2, 0.25) is 0 Å². The Morgan fingerprint density at radius 2 is 1.84 bits per heavy atom. The summed E-state index contributed by atoms with van der Waals surface area (Å²) in [7, 11) is 0. The summed E-state index contributed by atoms with van der Waals surface area (Å²) in [6, 6.07) is 8.05. The minimum Gasteiger partial charge on any atom is -0.443 e. The standard InChI is InChI=1S/C15H22N2O2/c1-11(2)13-8-6-12(7-9-13)10-16-17-14(18)19-15(3,4)5/h6-11H,1-5H3,(H,17,18)/b16-10-. The van der Waals surface area contributed by atoms with Crippen molar-refractivity contribution in [1.82, 2.24) is 5.43 Å². The lowest BCUT2D eigenvalue weighted by atomic mass is 10.0. The number of hydrazone groups is 1. The van der Waals surface area contributed by atoms with E-state index in [1.165, 1.54) is 5.56 Å². The van der Waals surface area contributed by atoms with Gasteiger partial charge in [-0.25, -0.2) is 10.2 Å². The molecule has 0 saturated carbocycles. The highest BCUT2D eigenvalue weighted by molar-refractivity contribution is 5.80. The number of hydrogen-bond acceptors (Lipinski definition) is 3. The minimum absolute atomic E-state index is 0.505. The van der Waals surface area contributed by atoms with Crippen LogP contribution in [0.5, 0.6) is 0 Å². The van der Waals surface area contributed by atoms with Gasteiger partial charge in [-0.1, -0.05) is 38.1 Å². The second kappa shape index (κ2) is 6.36. The molecule has 0 aliphatic carbocycles. The van der Waals surface area contributed by atoms with Gasteiger partial charge in [0, 0.05) is 0 Å². The molecular formula is C15H22N2O2. The summed E-state index contributed by atoms with van der Waals surface area (Å²) in [4.78, 5) is 11.3. The smallest absolute Gasteiger partial charge is 0.428 e. The molecule has 0 bridgehead atoms. The van der Waals surface area contributed by atoms with Gasteiger partial charge in [-0.3, -0.25) is 0 Å². The van der Waals surface area contributed by atoms with Crippen LogP contribution in [0.1, 0.15) is 51.7 Å². The maximum Gasteiger partial charge on any atom is 0.428 e. The molecule has 0 aliphatic heterocycles. The predicted octanol–water partition coefficient (Wildman–Crippen LogP) is 3.67. The molecule has 0 heterocycles. The van der Waals surface area contributed by atoms with E-state index < -0.39 is 11.7 Å². The van der Waals surface area contributed by atoms with E-state index in [1.54, 1.807) is 27.0 Å². The summed E-state index contributed by atoms with van der Waals surface area (Å²) in [6.07, 6.45) is 1.04. The molecule has 1 rings (SSSR count). The number of nitrogens with one attached hydrogen (secondary N) is 1. The minimum atomic E-state index is -0.553. The number of carbonyl (C=O) groups is 1. The van der Waals surface area contributed by atoms with E-state index in [1.807, 2.05) is 12.1 Å². The molecule has 0 fully saturated rings. The molecule has 104 valence electrons. The van der Waals surface area contributed by atoms with E-state index in [0.717, 1.165) is 5.56 Å². The Labute approximate surface area is 114 Å². The molecule has 0 saturated heterocycles. The van der Waals surface area contributed by atoms with Crippen LogP contribution in [0.3, 0.4) is 0 Å². The van der Waals surface area contributed by atoms with Gasteiger partial charge in [-0.15, -0.1) is 0 Å². The van der Waals surface area contributed by atoms with Gasteiger partial charge in [0.25, 0.3) is 0 Å². The molecular weight excluding hydrogens is 240 g/mol. The van der Waals surface area contributed by atoms with E-state index in [-0.39, 0.29) is 0 Å². The average Bonchev–Trinajstić information content (AvgIpc) is 2.27. The largest absolute Gasteiger partial charge is 0.443 e. The lowest BCUT2D eigenvalue weighted by Gasteiger charge is -2.18. The molecule has 0 unspecified atom stereocenters. The zero-order valence-corrected chi connectivity index (χ0v) is 12.2. The Morgan fingerprint density at radius 1 is 1.26 bits per heavy atom. The Kier molecular flexibility index (Phi) is 5.10. The Morgan fingerprint density at radius 3 is 2.32 bits per heavy atom. The van der Waals surface area contributed by atoms with Crippen molar-refractivity contribution in [3.63, 3.8) is 0 Å². The van der Waals surface area contributed by atoms with Crippen LogP contribution in [0, 0.1) is 0 Å². The van der Waals surface area contributed by atoms with Gasteiger partial charge >= 0.3 is 6.09 Å². The van der Waals surface area contributed by atoms with Crippen LogP contribution in [0.2, 0.25) is 0 Å². The van der Waals surface area contributed by atoms with Gasteiger partial charge in [0.05, 0.1) is 6.21 Å². The lowest BCUT2D eigenvalue weighted by Crippen LogP contribution is -2.29. The van der Waals surface area contributed by atoms with Crippen molar-refractivity contribution < 1.29 is 9.53 Å². The van der Waals surface area contributed by atoms with Crippen molar-refractivity contribution in [2.45, 2.75) is 46.1 Å². The normalized spacial score (nSPS) is 11.9. The highest BCUT2D eigenvalue weighted by Crippen LogP contribution is 2.13. The van der Waals surface area contributed by atoms with Crippen LogP contribution in [0.15, 0.2) is 29.4 Å². The second-order valence-corrected chi connectivity index (χ2v) is 5.69. The number of nitrogens with zero attached hydrogens (tertiary/aromatic N) is 1. The first-order valence-corrected chi connectivity index (χ1v) is 6.40. The van der Waals surface area contributed by atoms with E-state index in [2.05, 4.69) is 36.5 Å². The molecule has 4 nitrogen and oxygen atoms in total. The number of ether oxygens (including phenoxy) is 1. The van der Waals surface area contributed by atoms with Crippen LogP contribution < -0.4 is 5.43 Å². The topological polar surface area (TPSA) is 50.7 Å². The summed E-state index contributed by atoms with van der Waals surface area (Å²) in [6.45, 7) is 9.71. The van der Waals surface area contributed by atoms with Crippen molar-refractivity contribution in [3.8, 4) is 0 Å². The van der Waals surface area contributed by atoms with Crippen LogP contribution in [0.25, 0.3) is 0 Å². The van der Waals surface area contributed by atoms with Crippen LogP contribution >= 0.6 is 0 Å². The maximum absolute atomic E-state index is 11.3. The number of amides is 1. The zero-order valence-electron chi connectivity index (χ0n) is 12.2. The fourth-order valence-electron chi connectivity index (χ4n) is 1.43. The molecule has 0 radical (unpaired) electrons. The van der Waals surface area contributed by atoms with Crippen LogP contribution in [-0.2, 0) is 4.74 Å². The molecule has 19 heavy (non-hydrogen) atoms. The molecule has 1 N–H and O–H groups in total. The number of benzene rings is 1. The highest BCUT2D eigenvalue weighted by Gasteiger charge is 2.15. The van der Waals surface area contributed by atoms with Crippen molar-refractivity contribution in [2.24, 2.45) is 5.10 Å². The first-order chi connectivity index (χ1) is 8.78. The van der Waals surface area contributed by atoms with Crippen LogP contribution in [-0.4, -0.2) is 17.9 Å². The lowest BCUT2D eigenvalue weighted by molar-refractivity contribution is 0.0529. The summed E-state index contributed by atoms with van der Waals surface area (Å²) < 4.78 is 5.06. The van der Waals surface area contributed by atoms with E-state index in [0.29, 0.717) is 5.92 Å². The third-order valence-electron chi connectivity index (χ3n) is 2.37. The summed E-state index contributed by atoms with van der Waals surface area (Å²) in [5, 5.41) is 3.85. The van der Waals surface area contributed by atoms with Gasteiger partial charge in [-0.05, 0) is 37.8 Å². The number of carbonyl (C=O) groups excluding carboxylic acids is 1. The molecule has 0 spiro atoms. The summed E-state index contributed by atoms with van der Waals surface area (Å²) in [5.74, 6) is 0.505.